The van der Waals surface area contributed by atoms with E-state index < -0.39 is 35.4 Å². The van der Waals surface area contributed by atoms with Gasteiger partial charge in [0.25, 0.3) is 0 Å². The fraction of sp³-hybridized carbons (Fsp3) is 0.222. The van der Waals surface area contributed by atoms with E-state index in [0.29, 0.717) is 6.07 Å². The zero-order valence-corrected chi connectivity index (χ0v) is 16.0. The maximum Gasteiger partial charge on any atom is 0.323 e. The van der Waals surface area contributed by atoms with E-state index in [1.165, 1.54) is 23.1 Å². The number of azide groups is 1. The van der Waals surface area contributed by atoms with Crippen LogP contribution in [-0.2, 0) is 11.3 Å². The van der Waals surface area contributed by atoms with Gasteiger partial charge in [0.2, 0.25) is 5.91 Å². The number of hydrogen-bond donors (Lipinski definition) is 1. The average molecular weight is 439 g/mol. The summed E-state index contributed by atoms with van der Waals surface area (Å²) >= 11 is 5.70. The van der Waals surface area contributed by atoms with E-state index in [1.54, 1.807) is 0 Å². The monoisotopic (exact) mass is 438 g/mol. The first kappa shape index (κ1) is 21.3. The van der Waals surface area contributed by atoms with Gasteiger partial charge in [-0.2, -0.15) is 0 Å². The number of urea groups is 1. The van der Waals surface area contributed by atoms with Gasteiger partial charge < -0.3 is 15.1 Å². The van der Waals surface area contributed by atoms with Gasteiger partial charge in [-0.25, -0.2) is 18.0 Å². The van der Waals surface area contributed by atoms with E-state index >= 15 is 0 Å². The molecule has 0 radical (unpaired) electrons. The van der Waals surface area contributed by atoms with Crippen LogP contribution in [-0.4, -0.2) is 41.0 Å². The average Bonchev–Trinajstić information content (AvgIpc) is 2.69. The van der Waals surface area contributed by atoms with Crippen LogP contribution in [0.15, 0.2) is 41.5 Å². The molecule has 8 nitrogen and oxygen atoms in total. The molecule has 0 aliphatic carbocycles. The van der Waals surface area contributed by atoms with Crippen molar-refractivity contribution in [2.45, 2.75) is 12.6 Å². The van der Waals surface area contributed by atoms with Gasteiger partial charge in [-0.15, -0.1) is 0 Å². The van der Waals surface area contributed by atoms with Crippen LogP contribution >= 0.6 is 11.6 Å². The lowest BCUT2D eigenvalue weighted by molar-refractivity contribution is -0.138. The summed E-state index contributed by atoms with van der Waals surface area (Å²) < 4.78 is 40.4. The van der Waals surface area contributed by atoms with Crippen LogP contribution in [0, 0.1) is 17.5 Å². The van der Waals surface area contributed by atoms with Gasteiger partial charge in [-0.3, -0.25) is 4.79 Å². The van der Waals surface area contributed by atoms with Gasteiger partial charge in [-0.05, 0) is 29.8 Å². The standard InChI is InChI=1S/C18H14ClF3N6O2/c19-13-6-12(3-4-14(13)21)24-18(30)28-8-16(25-26-23)17(29)27(9-28)7-10-1-2-11(20)5-15(10)22/h1-6,16H,7-9H2,(H,24,30). The summed E-state index contributed by atoms with van der Waals surface area (Å²) in [4.78, 5) is 30.1. The number of carbonyl (C=O) groups is 2. The van der Waals surface area contributed by atoms with Crippen molar-refractivity contribution in [3.05, 3.63) is 74.9 Å². The lowest BCUT2D eigenvalue weighted by atomic mass is 10.1. The van der Waals surface area contributed by atoms with Gasteiger partial charge in [0, 0.05) is 28.8 Å². The van der Waals surface area contributed by atoms with Crippen molar-refractivity contribution in [3.8, 4) is 0 Å². The summed E-state index contributed by atoms with van der Waals surface area (Å²) in [6.07, 6.45) is 0. The zero-order valence-electron chi connectivity index (χ0n) is 15.2. The Morgan fingerprint density at radius 1 is 1.23 bits per heavy atom. The molecule has 1 atom stereocenters. The van der Waals surface area contributed by atoms with E-state index in [-0.39, 0.29) is 36.0 Å². The molecule has 30 heavy (non-hydrogen) atoms. The Labute approximate surface area is 173 Å². The highest BCUT2D eigenvalue weighted by Crippen LogP contribution is 2.21. The van der Waals surface area contributed by atoms with Crippen molar-refractivity contribution < 1.29 is 22.8 Å². The van der Waals surface area contributed by atoms with E-state index in [1.807, 2.05) is 0 Å². The summed E-state index contributed by atoms with van der Waals surface area (Å²) in [6.45, 7) is -0.728. The van der Waals surface area contributed by atoms with Crippen LogP contribution in [0.3, 0.4) is 0 Å². The molecule has 0 aromatic heterocycles. The number of carbonyl (C=O) groups excluding carboxylic acids is 2. The normalized spacial score (nSPS) is 16.3. The molecule has 3 amide bonds. The fourth-order valence-electron chi connectivity index (χ4n) is 2.89. The Morgan fingerprint density at radius 2 is 2.00 bits per heavy atom. The van der Waals surface area contributed by atoms with Crippen molar-refractivity contribution >= 4 is 29.2 Å². The van der Waals surface area contributed by atoms with Crippen molar-refractivity contribution in [2.75, 3.05) is 18.5 Å². The molecular formula is C18H14ClF3N6O2. The molecule has 1 aliphatic rings. The molecule has 1 N–H and O–H groups in total. The molecule has 12 heteroatoms. The third-order valence-electron chi connectivity index (χ3n) is 4.36. The lowest BCUT2D eigenvalue weighted by Crippen LogP contribution is -2.57. The number of anilines is 1. The maximum atomic E-state index is 14.0. The Bertz CT molecular complexity index is 1050. The topological polar surface area (TPSA) is 101 Å². The third-order valence-corrected chi connectivity index (χ3v) is 4.65. The Hall–Kier alpha value is -3.43. The van der Waals surface area contributed by atoms with E-state index in [2.05, 4.69) is 15.3 Å². The number of benzene rings is 2. The molecule has 3 rings (SSSR count). The molecule has 156 valence electrons. The summed E-state index contributed by atoms with van der Waals surface area (Å²) in [7, 11) is 0. The lowest BCUT2D eigenvalue weighted by Gasteiger charge is -2.38. The minimum absolute atomic E-state index is 0.0250. The number of nitrogens with zero attached hydrogens (tertiary/aromatic N) is 5. The highest BCUT2D eigenvalue weighted by atomic mass is 35.5. The van der Waals surface area contributed by atoms with Gasteiger partial charge in [0.1, 0.15) is 23.5 Å². The van der Waals surface area contributed by atoms with Gasteiger partial charge in [0.05, 0.1) is 18.2 Å². The second kappa shape index (κ2) is 8.93. The maximum absolute atomic E-state index is 14.0. The number of halogens is 4. The Morgan fingerprint density at radius 3 is 2.67 bits per heavy atom. The van der Waals surface area contributed by atoms with Crippen molar-refractivity contribution in [1.82, 2.24) is 9.80 Å². The second-order valence-electron chi connectivity index (χ2n) is 6.42. The van der Waals surface area contributed by atoms with Crippen molar-refractivity contribution in [1.29, 1.82) is 0 Å². The minimum Gasteiger partial charge on any atom is -0.320 e. The van der Waals surface area contributed by atoms with Crippen LogP contribution in [0.4, 0.5) is 23.7 Å². The van der Waals surface area contributed by atoms with Gasteiger partial charge in [-0.1, -0.05) is 22.8 Å². The second-order valence-corrected chi connectivity index (χ2v) is 6.82. The van der Waals surface area contributed by atoms with Gasteiger partial charge >= 0.3 is 6.03 Å². The van der Waals surface area contributed by atoms with Crippen LogP contribution in [0.2, 0.25) is 5.02 Å². The molecule has 1 fully saturated rings. The first-order valence-corrected chi connectivity index (χ1v) is 8.94. The van der Waals surface area contributed by atoms with E-state index in [0.717, 1.165) is 17.0 Å². The first-order chi connectivity index (χ1) is 14.3. The smallest absolute Gasteiger partial charge is 0.320 e. The SMILES string of the molecule is [N-]=[N+]=NC1CN(C(=O)Nc2ccc(F)c(Cl)c2)CN(Cc2ccc(F)cc2F)C1=O. The molecule has 1 unspecified atom stereocenters. The predicted octanol–water partition coefficient (Wildman–Crippen LogP) is 4.27. The number of amides is 3. The van der Waals surface area contributed by atoms with Gasteiger partial charge in [0.15, 0.2) is 0 Å². The molecule has 1 heterocycles. The molecule has 2 aromatic carbocycles. The van der Waals surface area contributed by atoms with Crippen LogP contribution < -0.4 is 5.32 Å². The summed E-state index contributed by atoms with van der Waals surface area (Å²) in [5.41, 5.74) is 8.95. The third kappa shape index (κ3) is 4.76. The number of nitrogens with one attached hydrogen (secondary N) is 1. The van der Waals surface area contributed by atoms with Crippen molar-refractivity contribution in [3.63, 3.8) is 0 Å². The molecule has 0 saturated carbocycles. The summed E-state index contributed by atoms with van der Waals surface area (Å²) in [5, 5.41) is 5.71. The summed E-state index contributed by atoms with van der Waals surface area (Å²) in [5.74, 6) is -2.89. The number of rotatable bonds is 4. The Kier molecular flexibility index (Phi) is 6.34. The first-order valence-electron chi connectivity index (χ1n) is 8.56. The molecule has 1 saturated heterocycles. The number of hydrogen-bond acceptors (Lipinski definition) is 3. The Balaban J connectivity index is 1.80. The van der Waals surface area contributed by atoms with E-state index in [9.17, 15) is 22.8 Å². The van der Waals surface area contributed by atoms with Crippen LogP contribution in [0.1, 0.15) is 5.56 Å². The van der Waals surface area contributed by atoms with Crippen LogP contribution in [0.5, 0.6) is 0 Å². The van der Waals surface area contributed by atoms with E-state index in [4.69, 9.17) is 17.1 Å². The molecule has 0 spiro atoms. The largest absolute Gasteiger partial charge is 0.323 e. The molecular weight excluding hydrogens is 425 g/mol. The predicted molar refractivity (Wildman–Crippen MR) is 102 cm³/mol. The van der Waals surface area contributed by atoms with Crippen LogP contribution in [0.25, 0.3) is 10.4 Å². The zero-order chi connectivity index (χ0) is 21.8. The fourth-order valence-corrected chi connectivity index (χ4v) is 3.07. The highest BCUT2D eigenvalue weighted by Gasteiger charge is 2.35. The highest BCUT2D eigenvalue weighted by molar-refractivity contribution is 6.31. The minimum atomic E-state index is -1.23. The molecule has 1 aliphatic heterocycles. The molecule has 0 bridgehead atoms. The molecule has 2 aromatic rings. The van der Waals surface area contributed by atoms with Crippen molar-refractivity contribution in [2.24, 2.45) is 5.11 Å². The quantitative estimate of drug-likeness (QED) is 0.437. The summed E-state index contributed by atoms with van der Waals surface area (Å²) in [6, 6.07) is 4.58.